The van der Waals surface area contributed by atoms with Gasteiger partial charge < -0.3 is 42.8 Å². The first-order chi connectivity index (χ1) is 5.73. The van der Waals surface area contributed by atoms with Gasteiger partial charge >= 0.3 is 147 Å². The molecule has 0 spiro atoms. The smallest absolute Gasteiger partial charge is 0.844 e. The molecule has 0 fully saturated rings. The zero-order valence-corrected chi connectivity index (χ0v) is 26.2. The number of hydrogen-bond donors (Lipinski definition) is 0. The van der Waals surface area contributed by atoms with Gasteiger partial charge in [-0.1, -0.05) is 5.57 Å². The summed E-state index contributed by atoms with van der Waals surface area (Å²) in [5.41, 5.74) is 1.17. The first-order valence-electron chi connectivity index (χ1n) is 2.81. The average molecular weight is 690 g/mol. The van der Waals surface area contributed by atoms with Crippen LogP contribution in [0.15, 0.2) is 12.2 Å². The Morgan fingerprint density at radius 2 is 0.765 bits per heavy atom. The van der Waals surface area contributed by atoms with Gasteiger partial charge in [0.25, 0.3) is 0 Å². The Morgan fingerprint density at radius 3 is 0.765 bits per heavy atom. The molecule has 0 saturated carbocycles. The second-order valence-corrected chi connectivity index (χ2v) is 6.57. The quantitative estimate of drug-likeness (QED) is 0.140. The third-order valence-electron chi connectivity index (χ3n) is 0. The van der Waals surface area contributed by atoms with Gasteiger partial charge in [0.2, 0.25) is 0 Å². The van der Waals surface area contributed by atoms with Gasteiger partial charge in [-0.15, -0.1) is 6.58 Å². The van der Waals surface area contributed by atoms with E-state index in [9.17, 15) is 0 Å². The van der Waals surface area contributed by atoms with Crippen LogP contribution in [0.25, 0.3) is 0 Å². The van der Waals surface area contributed by atoms with Gasteiger partial charge in [-0.3, -0.25) is 0 Å². The molecule has 0 radical (unpaired) electrons. The minimum Gasteiger partial charge on any atom is -0.844 e. The third-order valence-corrected chi connectivity index (χ3v) is 0. The van der Waals surface area contributed by atoms with Crippen LogP contribution in [0.4, 0.5) is 0 Å². The van der Waals surface area contributed by atoms with E-state index in [-0.39, 0.29) is 147 Å². The largest absolute Gasteiger partial charge is 2.00 e. The molecule has 0 aromatic carbocycles. The van der Waals surface area contributed by atoms with Gasteiger partial charge in [0.1, 0.15) is 0 Å². The predicted octanol–water partition coefficient (Wildman–Crippen LogP) is -4.98. The van der Waals surface area contributed by atoms with Crippen LogP contribution in [-0.2, 0) is 23.6 Å². The Bertz CT molecular complexity index is 213. The Balaban J connectivity index is -0.0000000247. The summed E-state index contributed by atoms with van der Waals surface area (Å²) in [6.45, 7) is -1.61. The summed E-state index contributed by atoms with van der Waals surface area (Å²) in [6.07, 6.45) is 0. The summed E-state index contributed by atoms with van der Waals surface area (Å²) >= 11 is 6.54. The fourth-order valence-corrected chi connectivity index (χ4v) is 0. The maximum atomic E-state index is 8.92. The van der Waals surface area contributed by atoms with Gasteiger partial charge in [0.15, 0.2) is 0 Å². The fourth-order valence-electron chi connectivity index (χ4n) is 0. The van der Waals surface area contributed by atoms with E-state index >= 15 is 0 Å². The van der Waals surface area contributed by atoms with Crippen molar-refractivity contribution in [2.45, 2.75) is 13.8 Å². The van der Waals surface area contributed by atoms with Crippen LogP contribution in [-0.4, -0.2) is 147 Å². The molecular formula is C4H8Ba3O6P2S2. The summed E-state index contributed by atoms with van der Waals surface area (Å²) in [6, 6.07) is 0. The van der Waals surface area contributed by atoms with Crippen LogP contribution >= 0.6 is 13.4 Å². The number of rotatable bonds is 0. The summed E-state index contributed by atoms with van der Waals surface area (Å²) < 4.78 is 0. The van der Waals surface area contributed by atoms with Crippen molar-refractivity contribution < 1.29 is 29.4 Å². The van der Waals surface area contributed by atoms with Crippen molar-refractivity contribution in [3.8, 4) is 0 Å². The van der Waals surface area contributed by atoms with E-state index in [4.69, 9.17) is 29.4 Å². The van der Waals surface area contributed by atoms with E-state index < -0.39 is 13.4 Å². The molecule has 0 saturated heterocycles. The molecule has 88 valence electrons. The van der Waals surface area contributed by atoms with E-state index in [2.05, 4.69) is 30.2 Å². The van der Waals surface area contributed by atoms with Crippen molar-refractivity contribution in [1.29, 1.82) is 0 Å². The molecule has 0 aromatic heterocycles. The van der Waals surface area contributed by atoms with Gasteiger partial charge in [-0.2, -0.15) is 23.6 Å². The van der Waals surface area contributed by atoms with Crippen molar-refractivity contribution in [3.63, 3.8) is 0 Å². The van der Waals surface area contributed by atoms with Gasteiger partial charge in [0, 0.05) is 0 Å². The molecule has 0 aliphatic carbocycles. The monoisotopic (exact) mass is 692 g/mol. The van der Waals surface area contributed by atoms with Crippen LogP contribution in [0, 0.1) is 0 Å². The van der Waals surface area contributed by atoms with Crippen LogP contribution in [0.1, 0.15) is 13.8 Å². The van der Waals surface area contributed by atoms with E-state index in [0.29, 0.717) is 0 Å². The predicted molar refractivity (Wildman–Crippen MR) is 66.3 cm³/mol. The van der Waals surface area contributed by atoms with Crippen molar-refractivity contribution in [1.82, 2.24) is 0 Å². The number of hydrogen-bond acceptors (Lipinski definition) is 8. The molecule has 0 bridgehead atoms. The minimum atomic E-state index is -4.56. The van der Waals surface area contributed by atoms with Crippen molar-refractivity contribution in [3.05, 3.63) is 12.2 Å². The maximum absolute atomic E-state index is 8.92. The molecule has 0 N–H and O–H groups in total. The summed E-state index contributed by atoms with van der Waals surface area (Å²) in [7, 11) is 0. The van der Waals surface area contributed by atoms with Gasteiger partial charge in [-0.05, 0) is 13.8 Å². The molecule has 0 atom stereocenters. The van der Waals surface area contributed by atoms with Gasteiger partial charge in [-0.25, -0.2) is 0 Å². The zero-order chi connectivity index (χ0) is 12.6. The molecule has 0 rings (SSSR count). The molecule has 0 aliphatic rings. The molecule has 0 amide bonds. The third kappa shape index (κ3) is 269. The molecule has 0 aromatic rings. The molecule has 0 unspecified atom stereocenters. The van der Waals surface area contributed by atoms with E-state index in [1.165, 1.54) is 5.57 Å². The molecular weight excluding hydrogens is 682 g/mol. The molecule has 0 aliphatic heterocycles. The summed E-state index contributed by atoms with van der Waals surface area (Å²) in [4.78, 5) is 53.5. The zero-order valence-electron chi connectivity index (χ0n) is 9.49. The normalized spacial score (nSPS) is 8.47. The Kier molecular flexibility index (Phi) is 48.4. The molecule has 6 nitrogen and oxygen atoms in total. The summed E-state index contributed by atoms with van der Waals surface area (Å²) in [5.74, 6) is 0. The van der Waals surface area contributed by atoms with Crippen molar-refractivity contribution in [2.75, 3.05) is 0 Å². The SMILES string of the molecule is C=C(C)C.[Ba+2].[Ba+2].[Ba+2].[O-]P([O-])([O-])=S.[O-]P([O-])([O-])=S. The first kappa shape index (κ1) is 38.2. The first-order valence-corrected chi connectivity index (χ1v) is 7.93. The van der Waals surface area contributed by atoms with Crippen LogP contribution in [0.3, 0.4) is 0 Å². The van der Waals surface area contributed by atoms with Crippen LogP contribution in [0.2, 0.25) is 0 Å². The molecule has 17 heavy (non-hydrogen) atoms. The fraction of sp³-hybridized carbons (Fsp3) is 0.500. The molecule has 13 heteroatoms. The summed E-state index contributed by atoms with van der Waals surface area (Å²) in [5, 5.41) is 0. The van der Waals surface area contributed by atoms with Crippen LogP contribution < -0.4 is 29.4 Å². The Labute approximate surface area is 232 Å². The molecule has 0 heterocycles. The van der Waals surface area contributed by atoms with Crippen molar-refractivity contribution >= 4 is 184 Å². The van der Waals surface area contributed by atoms with Gasteiger partial charge in [0.05, 0.1) is 0 Å². The van der Waals surface area contributed by atoms with Crippen LogP contribution in [0.5, 0.6) is 0 Å². The second kappa shape index (κ2) is 21.5. The Morgan fingerprint density at radius 1 is 0.765 bits per heavy atom. The average Bonchev–Trinajstić information content (AvgIpc) is 1.45. The Hall–Kier alpha value is 5.51. The maximum Gasteiger partial charge on any atom is 2.00 e. The number of allylic oxidation sites excluding steroid dienone is 1. The standard InChI is InChI=1S/C4H8.3Ba.2H3O3PS/c1-4(2)3;;;;2*1-4(2,3)5/h1H2,2-3H3;;;;2*(H3,1,2,3,5)/q;3*+2;;/p-6. The van der Waals surface area contributed by atoms with E-state index in [1.807, 2.05) is 13.8 Å². The second-order valence-electron chi connectivity index (χ2n) is 2.10. The topological polar surface area (TPSA) is 138 Å². The van der Waals surface area contributed by atoms with E-state index in [1.54, 1.807) is 0 Å². The minimum absolute atomic E-state index is 0. The van der Waals surface area contributed by atoms with E-state index in [0.717, 1.165) is 0 Å². The van der Waals surface area contributed by atoms with Crippen molar-refractivity contribution in [2.24, 2.45) is 0 Å².